The number of nitrogens with two attached hydrogens (primary N) is 1. The highest BCUT2D eigenvalue weighted by molar-refractivity contribution is 7.09. The Morgan fingerprint density at radius 3 is 3.27 bits per heavy atom. The van der Waals surface area contributed by atoms with Gasteiger partial charge < -0.3 is 10.6 Å². The number of rotatable bonds is 3. The lowest BCUT2D eigenvalue weighted by atomic mass is 10.1. The van der Waals surface area contributed by atoms with Crippen molar-refractivity contribution in [1.29, 1.82) is 0 Å². The van der Waals surface area contributed by atoms with Crippen molar-refractivity contribution in [3.05, 3.63) is 16.6 Å². The molecule has 4 nitrogen and oxygen atoms in total. The molecule has 1 aromatic rings. The van der Waals surface area contributed by atoms with Gasteiger partial charge in [0.2, 0.25) is 5.91 Å². The zero-order chi connectivity index (χ0) is 10.7. The molecule has 0 saturated carbocycles. The maximum atomic E-state index is 11.7. The zero-order valence-electron chi connectivity index (χ0n) is 8.56. The van der Waals surface area contributed by atoms with Crippen molar-refractivity contribution in [2.45, 2.75) is 25.3 Å². The highest BCUT2D eigenvalue weighted by Crippen LogP contribution is 2.12. The third kappa shape index (κ3) is 2.54. The van der Waals surface area contributed by atoms with Gasteiger partial charge in [-0.1, -0.05) is 0 Å². The molecular formula is C10H15N3OS. The lowest BCUT2D eigenvalue weighted by molar-refractivity contribution is -0.134. The molecule has 2 N–H and O–H groups in total. The van der Waals surface area contributed by atoms with E-state index in [1.807, 2.05) is 10.3 Å². The van der Waals surface area contributed by atoms with E-state index < -0.39 is 0 Å². The molecule has 5 heteroatoms. The van der Waals surface area contributed by atoms with Gasteiger partial charge in [-0.2, -0.15) is 0 Å². The fourth-order valence-corrected chi connectivity index (χ4v) is 2.41. The third-order valence-corrected chi connectivity index (χ3v) is 3.49. The SMILES string of the molecule is NC1CCCN(CCc2nccs2)C1=O. The van der Waals surface area contributed by atoms with Crippen LogP contribution < -0.4 is 5.73 Å². The molecule has 15 heavy (non-hydrogen) atoms. The smallest absolute Gasteiger partial charge is 0.239 e. The summed E-state index contributed by atoms with van der Waals surface area (Å²) in [6, 6.07) is -0.282. The van der Waals surface area contributed by atoms with E-state index in [1.54, 1.807) is 17.5 Å². The number of likely N-dealkylation sites (tertiary alicyclic amines) is 1. The molecule has 0 aromatic carbocycles. The Morgan fingerprint density at radius 1 is 1.67 bits per heavy atom. The zero-order valence-corrected chi connectivity index (χ0v) is 9.37. The molecule has 2 rings (SSSR count). The van der Waals surface area contributed by atoms with E-state index in [0.717, 1.165) is 37.4 Å². The van der Waals surface area contributed by atoms with Crippen molar-refractivity contribution in [3.8, 4) is 0 Å². The average Bonchev–Trinajstić information content (AvgIpc) is 2.73. The first-order chi connectivity index (χ1) is 7.27. The van der Waals surface area contributed by atoms with Crippen LogP contribution >= 0.6 is 11.3 Å². The maximum Gasteiger partial charge on any atom is 0.239 e. The first kappa shape index (κ1) is 10.6. The minimum absolute atomic E-state index is 0.0952. The lowest BCUT2D eigenvalue weighted by Gasteiger charge is -2.30. The molecule has 0 bridgehead atoms. The van der Waals surface area contributed by atoms with Crippen molar-refractivity contribution in [2.24, 2.45) is 5.73 Å². The van der Waals surface area contributed by atoms with Crippen molar-refractivity contribution < 1.29 is 4.79 Å². The topological polar surface area (TPSA) is 59.2 Å². The number of hydrogen-bond acceptors (Lipinski definition) is 4. The monoisotopic (exact) mass is 225 g/mol. The first-order valence-corrected chi connectivity index (χ1v) is 6.08. The van der Waals surface area contributed by atoms with Crippen LogP contribution in [0.4, 0.5) is 0 Å². The number of aromatic nitrogens is 1. The third-order valence-electron chi connectivity index (χ3n) is 2.65. The van der Waals surface area contributed by atoms with Gasteiger partial charge >= 0.3 is 0 Å². The van der Waals surface area contributed by atoms with Crippen molar-refractivity contribution >= 4 is 17.2 Å². The number of carbonyl (C=O) groups is 1. The lowest BCUT2D eigenvalue weighted by Crippen LogP contribution is -2.48. The quantitative estimate of drug-likeness (QED) is 0.821. The molecule has 1 unspecified atom stereocenters. The summed E-state index contributed by atoms with van der Waals surface area (Å²) in [6.07, 6.45) is 4.48. The molecule has 1 aliphatic rings. The van der Waals surface area contributed by atoms with E-state index in [-0.39, 0.29) is 11.9 Å². The fraction of sp³-hybridized carbons (Fsp3) is 0.600. The van der Waals surface area contributed by atoms with Gasteiger partial charge in [-0.15, -0.1) is 11.3 Å². The molecule has 1 aromatic heterocycles. The maximum absolute atomic E-state index is 11.7. The minimum Gasteiger partial charge on any atom is -0.341 e. The van der Waals surface area contributed by atoms with Crippen LogP contribution in [0.2, 0.25) is 0 Å². The Hall–Kier alpha value is -0.940. The van der Waals surface area contributed by atoms with Gasteiger partial charge in [0.25, 0.3) is 0 Å². The Labute approximate surface area is 93.1 Å². The van der Waals surface area contributed by atoms with Crippen molar-refractivity contribution in [2.75, 3.05) is 13.1 Å². The highest BCUT2D eigenvalue weighted by Gasteiger charge is 2.25. The molecule has 0 aliphatic carbocycles. The Bertz CT molecular complexity index is 325. The Kier molecular flexibility index (Phi) is 3.33. The normalized spacial score (nSPS) is 22.1. The predicted octanol–water partition coefficient (Wildman–Crippen LogP) is 0.635. The molecule has 1 fully saturated rings. The van der Waals surface area contributed by atoms with Crippen LogP contribution in [-0.2, 0) is 11.2 Å². The second kappa shape index (κ2) is 4.72. The van der Waals surface area contributed by atoms with Crippen LogP contribution in [-0.4, -0.2) is 34.9 Å². The number of thiazole rings is 1. The van der Waals surface area contributed by atoms with Crippen LogP contribution in [0.1, 0.15) is 17.8 Å². The number of nitrogens with zero attached hydrogens (tertiary/aromatic N) is 2. The van der Waals surface area contributed by atoms with E-state index in [4.69, 9.17) is 5.73 Å². The van der Waals surface area contributed by atoms with Gasteiger partial charge in [-0.3, -0.25) is 4.79 Å². The standard InChI is InChI=1S/C10H15N3OS/c11-8-2-1-5-13(10(8)14)6-3-9-12-4-7-15-9/h4,7-8H,1-3,5-6,11H2. The summed E-state index contributed by atoms with van der Waals surface area (Å²) >= 11 is 1.63. The molecular weight excluding hydrogens is 210 g/mol. The molecule has 0 spiro atoms. The summed E-state index contributed by atoms with van der Waals surface area (Å²) in [5.74, 6) is 0.0952. The summed E-state index contributed by atoms with van der Waals surface area (Å²) in [5.41, 5.74) is 5.71. The van der Waals surface area contributed by atoms with Crippen LogP contribution in [0.3, 0.4) is 0 Å². The number of amides is 1. The summed E-state index contributed by atoms with van der Waals surface area (Å²) in [5, 5.41) is 3.04. The summed E-state index contributed by atoms with van der Waals surface area (Å²) in [4.78, 5) is 17.7. The van der Waals surface area contributed by atoms with Crippen LogP contribution in [0.25, 0.3) is 0 Å². The molecule has 1 atom stereocenters. The van der Waals surface area contributed by atoms with Crippen LogP contribution in [0.5, 0.6) is 0 Å². The van der Waals surface area contributed by atoms with Crippen LogP contribution in [0.15, 0.2) is 11.6 Å². The summed E-state index contributed by atoms with van der Waals surface area (Å²) in [7, 11) is 0. The van der Waals surface area contributed by atoms with E-state index in [9.17, 15) is 4.79 Å². The largest absolute Gasteiger partial charge is 0.341 e. The van der Waals surface area contributed by atoms with E-state index >= 15 is 0 Å². The van der Waals surface area contributed by atoms with Gasteiger partial charge in [0.1, 0.15) is 0 Å². The molecule has 0 radical (unpaired) electrons. The highest BCUT2D eigenvalue weighted by atomic mass is 32.1. The summed E-state index contributed by atoms with van der Waals surface area (Å²) in [6.45, 7) is 1.60. The van der Waals surface area contributed by atoms with E-state index in [1.165, 1.54) is 0 Å². The number of hydrogen-bond donors (Lipinski definition) is 1. The molecule has 1 saturated heterocycles. The predicted molar refractivity (Wildman–Crippen MR) is 59.6 cm³/mol. The Morgan fingerprint density at radius 2 is 2.53 bits per heavy atom. The molecule has 1 aliphatic heterocycles. The van der Waals surface area contributed by atoms with Crippen molar-refractivity contribution in [3.63, 3.8) is 0 Å². The van der Waals surface area contributed by atoms with E-state index in [0.29, 0.717) is 0 Å². The van der Waals surface area contributed by atoms with Gasteiger partial charge in [0, 0.05) is 31.1 Å². The number of piperidine rings is 1. The van der Waals surface area contributed by atoms with Crippen molar-refractivity contribution in [1.82, 2.24) is 9.88 Å². The van der Waals surface area contributed by atoms with Gasteiger partial charge in [0.15, 0.2) is 0 Å². The molecule has 2 heterocycles. The molecule has 1 amide bonds. The molecule has 82 valence electrons. The second-order valence-corrected chi connectivity index (χ2v) is 4.73. The van der Waals surface area contributed by atoms with Gasteiger partial charge in [-0.05, 0) is 12.8 Å². The Balaban J connectivity index is 1.86. The summed E-state index contributed by atoms with van der Waals surface area (Å²) < 4.78 is 0. The van der Waals surface area contributed by atoms with E-state index in [2.05, 4.69) is 4.98 Å². The van der Waals surface area contributed by atoms with Crippen LogP contribution in [0, 0.1) is 0 Å². The fourth-order valence-electron chi connectivity index (χ4n) is 1.80. The van der Waals surface area contributed by atoms with Gasteiger partial charge in [-0.25, -0.2) is 4.98 Å². The number of carbonyl (C=O) groups excluding carboxylic acids is 1. The average molecular weight is 225 g/mol. The van der Waals surface area contributed by atoms with Gasteiger partial charge in [0.05, 0.1) is 11.0 Å². The second-order valence-electron chi connectivity index (χ2n) is 3.75. The minimum atomic E-state index is -0.282. The first-order valence-electron chi connectivity index (χ1n) is 5.20.